The van der Waals surface area contributed by atoms with Gasteiger partial charge in [-0.3, -0.25) is 0 Å². The molecule has 0 N–H and O–H groups in total. The van der Waals surface area contributed by atoms with Gasteiger partial charge in [-0.05, 0) is 0 Å². The van der Waals surface area contributed by atoms with Crippen molar-refractivity contribution in [3.8, 4) is 0 Å². The second-order valence-electron chi connectivity index (χ2n) is 4.01. The molecule has 0 radical (unpaired) electrons. The molecule has 2 aromatic heterocycles. The second-order valence-corrected chi connectivity index (χ2v) is 6.52. The molecule has 98 valence electrons. The Hall–Kier alpha value is -1.41. The summed E-state index contributed by atoms with van der Waals surface area (Å²) in [6.45, 7) is 4.09. The second kappa shape index (κ2) is 4.69. The van der Waals surface area contributed by atoms with E-state index < -0.39 is 9.05 Å². The van der Waals surface area contributed by atoms with E-state index in [4.69, 9.17) is 10.7 Å². The fourth-order valence-electron chi connectivity index (χ4n) is 1.52. The van der Waals surface area contributed by atoms with Gasteiger partial charge in [-0.2, -0.15) is 4.98 Å². The molecule has 0 saturated heterocycles. The number of halogens is 1. The van der Waals surface area contributed by atoms with Crippen LogP contribution < -0.4 is 0 Å². The Morgan fingerprint density at radius 2 is 2.22 bits per heavy atom. The molecule has 0 unspecified atom stereocenters. The molecule has 0 atom stereocenters. The van der Waals surface area contributed by atoms with Crippen LogP contribution in [0.15, 0.2) is 22.1 Å². The molecule has 0 bridgehead atoms. The molecule has 0 amide bonds. The van der Waals surface area contributed by atoms with Crippen molar-refractivity contribution in [2.45, 2.75) is 31.3 Å². The zero-order valence-electron chi connectivity index (χ0n) is 9.74. The molecule has 0 aliphatic rings. The lowest BCUT2D eigenvalue weighted by atomic mass is 10.2. The van der Waals surface area contributed by atoms with E-state index in [1.807, 2.05) is 13.8 Å². The maximum Gasteiger partial charge on any atom is 0.280 e. The predicted molar refractivity (Wildman–Crippen MR) is 62.8 cm³/mol. The van der Waals surface area contributed by atoms with Crippen molar-refractivity contribution in [3.05, 3.63) is 24.2 Å². The molecule has 2 rings (SSSR count). The van der Waals surface area contributed by atoms with E-state index in [2.05, 4.69) is 19.6 Å². The average Bonchev–Trinajstić information content (AvgIpc) is 2.85. The van der Waals surface area contributed by atoms with Gasteiger partial charge in [0.25, 0.3) is 9.05 Å². The zero-order chi connectivity index (χ0) is 13.3. The van der Waals surface area contributed by atoms with E-state index in [1.54, 1.807) is 4.57 Å². The minimum Gasteiger partial charge on any atom is -0.343 e. The van der Waals surface area contributed by atoms with E-state index >= 15 is 0 Å². The van der Waals surface area contributed by atoms with Crippen molar-refractivity contribution in [2.75, 3.05) is 0 Å². The number of hydrogen-bond acceptors (Lipinski definition) is 6. The summed E-state index contributed by atoms with van der Waals surface area (Å²) in [5.74, 6) is 1.08. The summed E-state index contributed by atoms with van der Waals surface area (Å²) in [5, 5.41) is 3.50. The Labute approximate surface area is 108 Å². The molecule has 0 saturated carbocycles. The maximum atomic E-state index is 11.3. The monoisotopic (exact) mass is 290 g/mol. The number of hydrogen-bond donors (Lipinski definition) is 0. The number of aromatic nitrogens is 4. The predicted octanol–water partition coefficient (Wildman–Crippen LogP) is 1.37. The highest BCUT2D eigenvalue weighted by Gasteiger charge is 2.20. The normalized spacial score (nSPS) is 12.2. The minimum atomic E-state index is -3.84. The lowest BCUT2D eigenvalue weighted by Crippen LogP contribution is -2.06. The molecule has 2 heterocycles. The van der Waals surface area contributed by atoms with Gasteiger partial charge in [-0.25, -0.2) is 13.4 Å². The smallest absolute Gasteiger partial charge is 0.280 e. The molecular weight excluding hydrogens is 280 g/mol. The highest BCUT2D eigenvalue weighted by atomic mass is 35.7. The van der Waals surface area contributed by atoms with Gasteiger partial charge in [0.2, 0.25) is 6.39 Å². The maximum absolute atomic E-state index is 11.3. The molecule has 0 fully saturated rings. The summed E-state index contributed by atoms with van der Waals surface area (Å²) in [6, 6.07) is 0. The van der Waals surface area contributed by atoms with Crippen LogP contribution in [-0.2, 0) is 15.6 Å². The number of nitrogens with zero attached hydrogens (tertiary/aromatic N) is 4. The van der Waals surface area contributed by atoms with Gasteiger partial charge in [-0.1, -0.05) is 19.0 Å². The van der Waals surface area contributed by atoms with Gasteiger partial charge in [0.1, 0.15) is 5.82 Å². The number of imidazole rings is 1. The lowest BCUT2D eigenvalue weighted by Gasteiger charge is -2.06. The lowest BCUT2D eigenvalue weighted by molar-refractivity contribution is 0.407. The van der Waals surface area contributed by atoms with Crippen molar-refractivity contribution in [2.24, 2.45) is 0 Å². The molecule has 0 spiro atoms. The third kappa shape index (κ3) is 2.70. The molecular formula is C9H11ClN4O3S. The van der Waals surface area contributed by atoms with Crippen molar-refractivity contribution < 1.29 is 12.9 Å². The highest BCUT2D eigenvalue weighted by molar-refractivity contribution is 8.13. The Morgan fingerprint density at radius 1 is 1.50 bits per heavy atom. The molecule has 0 aromatic carbocycles. The van der Waals surface area contributed by atoms with Crippen molar-refractivity contribution in [3.63, 3.8) is 0 Å². The zero-order valence-corrected chi connectivity index (χ0v) is 11.3. The van der Waals surface area contributed by atoms with E-state index in [9.17, 15) is 8.42 Å². The van der Waals surface area contributed by atoms with Crippen LogP contribution in [0, 0.1) is 0 Å². The fraction of sp³-hybridized carbons (Fsp3) is 0.444. The third-order valence-electron chi connectivity index (χ3n) is 2.27. The molecule has 0 aliphatic carbocycles. The highest BCUT2D eigenvalue weighted by Crippen LogP contribution is 2.20. The first-order chi connectivity index (χ1) is 8.38. The Balaban J connectivity index is 2.42. The van der Waals surface area contributed by atoms with Gasteiger partial charge >= 0.3 is 0 Å². The quantitative estimate of drug-likeness (QED) is 0.790. The molecule has 2 aromatic rings. The Morgan fingerprint density at radius 3 is 2.72 bits per heavy atom. The van der Waals surface area contributed by atoms with Gasteiger partial charge in [0.05, 0.1) is 6.54 Å². The molecule has 18 heavy (non-hydrogen) atoms. The average molecular weight is 291 g/mol. The molecule has 7 nitrogen and oxygen atoms in total. The van der Waals surface area contributed by atoms with E-state index in [0.29, 0.717) is 11.6 Å². The van der Waals surface area contributed by atoms with Gasteiger partial charge in [0, 0.05) is 22.8 Å². The number of rotatable bonds is 4. The summed E-state index contributed by atoms with van der Waals surface area (Å²) < 4.78 is 28.8. The van der Waals surface area contributed by atoms with Gasteiger partial charge in [-0.15, -0.1) is 0 Å². The summed E-state index contributed by atoms with van der Waals surface area (Å²) >= 11 is 0. The van der Waals surface area contributed by atoms with Crippen molar-refractivity contribution >= 4 is 19.7 Å². The largest absolute Gasteiger partial charge is 0.343 e. The van der Waals surface area contributed by atoms with Gasteiger partial charge in [0.15, 0.2) is 10.9 Å². The van der Waals surface area contributed by atoms with E-state index in [1.165, 1.54) is 12.6 Å². The SMILES string of the molecule is CC(C)c1nc(S(=O)(=O)Cl)cn1Cc1ncon1. The standard InChI is InChI=1S/C9H11ClN4O3S/c1-6(2)9-12-8(18(10,15)16)4-14(9)3-7-11-5-17-13-7/h4-6H,3H2,1-2H3. The van der Waals surface area contributed by atoms with Crippen LogP contribution in [0.1, 0.15) is 31.4 Å². The first-order valence-corrected chi connectivity index (χ1v) is 7.46. The van der Waals surface area contributed by atoms with E-state index in [0.717, 1.165) is 0 Å². The summed E-state index contributed by atoms with van der Waals surface area (Å²) in [4.78, 5) is 7.89. The summed E-state index contributed by atoms with van der Waals surface area (Å²) in [7, 11) is 1.44. The van der Waals surface area contributed by atoms with Crippen molar-refractivity contribution in [1.82, 2.24) is 19.7 Å². The first kappa shape index (κ1) is 13.0. The van der Waals surface area contributed by atoms with Crippen LogP contribution >= 0.6 is 10.7 Å². The topological polar surface area (TPSA) is 90.9 Å². The van der Waals surface area contributed by atoms with Crippen LogP contribution in [0.3, 0.4) is 0 Å². The van der Waals surface area contributed by atoms with Crippen LogP contribution in [0.25, 0.3) is 0 Å². The van der Waals surface area contributed by atoms with Crippen LogP contribution in [0.2, 0.25) is 0 Å². The fourth-order valence-corrected chi connectivity index (χ4v) is 2.20. The van der Waals surface area contributed by atoms with Crippen molar-refractivity contribution in [1.29, 1.82) is 0 Å². The van der Waals surface area contributed by atoms with Gasteiger partial charge < -0.3 is 9.09 Å². The first-order valence-electron chi connectivity index (χ1n) is 5.15. The molecule has 0 aliphatic heterocycles. The van der Waals surface area contributed by atoms with Crippen LogP contribution in [0.4, 0.5) is 0 Å². The van der Waals surface area contributed by atoms with Crippen LogP contribution in [-0.4, -0.2) is 28.1 Å². The van der Waals surface area contributed by atoms with Crippen LogP contribution in [0.5, 0.6) is 0 Å². The summed E-state index contributed by atoms with van der Waals surface area (Å²) in [6.07, 6.45) is 2.58. The Kier molecular flexibility index (Phi) is 3.40. The molecule has 9 heteroatoms. The Bertz CT molecular complexity index is 633. The minimum absolute atomic E-state index is 0.0454. The van der Waals surface area contributed by atoms with E-state index in [-0.39, 0.29) is 17.5 Å². The summed E-state index contributed by atoms with van der Waals surface area (Å²) in [5.41, 5.74) is 0. The third-order valence-corrected chi connectivity index (χ3v) is 3.44.